The quantitative estimate of drug-likeness (QED) is 0.704. The van der Waals surface area contributed by atoms with Gasteiger partial charge in [0.15, 0.2) is 0 Å². The van der Waals surface area contributed by atoms with Gasteiger partial charge in [0.25, 0.3) is 12.7 Å². The van der Waals surface area contributed by atoms with Gasteiger partial charge in [-0.1, -0.05) is 0 Å². The summed E-state index contributed by atoms with van der Waals surface area (Å²) in [4.78, 5) is 0. The van der Waals surface area contributed by atoms with E-state index in [0.29, 0.717) is 0 Å². The third kappa shape index (κ3) is 3.36. The van der Waals surface area contributed by atoms with Crippen LogP contribution in [0.25, 0.3) is 0 Å². The maximum atomic E-state index is 12.2. The molecule has 0 heterocycles. The molecule has 0 bridgehead atoms. The Morgan fingerprint density at radius 3 is 1.33 bits per heavy atom. The fourth-order valence-electron chi connectivity index (χ4n) is 0.509. The first-order chi connectivity index (χ1) is 7.74. The van der Waals surface area contributed by atoms with Crippen molar-refractivity contribution in [3.8, 4) is 0 Å². The molecule has 0 saturated carbocycles. The van der Waals surface area contributed by atoms with Crippen LogP contribution < -0.4 is 0 Å². The second-order valence-corrected chi connectivity index (χ2v) is 2.86. The first-order valence-corrected chi connectivity index (χ1v) is 3.78. The van der Waals surface area contributed by atoms with E-state index in [1.807, 2.05) is 0 Å². The second-order valence-electron chi connectivity index (χ2n) is 2.86. The molecule has 0 fully saturated rings. The summed E-state index contributed by atoms with van der Waals surface area (Å²) in [5.74, 6) is -12.1. The summed E-state index contributed by atoms with van der Waals surface area (Å²) in [5, 5.41) is 0. The van der Waals surface area contributed by atoms with Gasteiger partial charge in [-0.05, 0) is 0 Å². The van der Waals surface area contributed by atoms with Crippen molar-refractivity contribution < 1.29 is 53.0 Å². The summed E-state index contributed by atoms with van der Waals surface area (Å²) >= 11 is 0. The Morgan fingerprint density at radius 1 is 0.667 bits per heavy atom. The van der Waals surface area contributed by atoms with Crippen molar-refractivity contribution in [2.24, 2.45) is 0 Å². The molecule has 2 atom stereocenters. The molecule has 0 aliphatic carbocycles. The first-order valence-electron chi connectivity index (χ1n) is 3.78. The number of rotatable bonds is 5. The molecule has 0 radical (unpaired) electrons. The monoisotopic (exact) mass is 300 g/mol. The van der Waals surface area contributed by atoms with Crippen molar-refractivity contribution >= 4 is 0 Å². The maximum Gasteiger partial charge on any atom is 0.459 e. The molecule has 1 nitrogen and oxygen atoms in total. The van der Waals surface area contributed by atoms with Crippen LogP contribution in [0.2, 0.25) is 0 Å². The van der Waals surface area contributed by atoms with Crippen molar-refractivity contribution in [2.75, 3.05) is 0 Å². The van der Waals surface area contributed by atoms with E-state index in [-0.39, 0.29) is 0 Å². The minimum atomic E-state index is -6.56. The van der Waals surface area contributed by atoms with E-state index in [9.17, 15) is 48.3 Å². The van der Waals surface area contributed by atoms with Crippen molar-refractivity contribution in [1.82, 2.24) is 0 Å². The van der Waals surface area contributed by atoms with E-state index in [0.717, 1.165) is 0 Å². The smallest absolute Gasteiger partial charge is 0.303 e. The number of alkyl halides is 11. The highest BCUT2D eigenvalue weighted by atomic mass is 19.4. The van der Waals surface area contributed by atoms with Gasteiger partial charge in [-0.2, -0.15) is 30.7 Å². The summed E-state index contributed by atoms with van der Waals surface area (Å²) in [5.41, 5.74) is 0. The third-order valence-corrected chi connectivity index (χ3v) is 1.50. The van der Waals surface area contributed by atoms with E-state index in [2.05, 4.69) is 4.74 Å². The molecule has 0 aromatic heterocycles. The zero-order valence-electron chi connectivity index (χ0n) is 7.80. The van der Waals surface area contributed by atoms with Gasteiger partial charge in [-0.25, -0.2) is 17.6 Å². The van der Waals surface area contributed by atoms with Gasteiger partial charge < -0.3 is 4.74 Å². The molecule has 0 aliphatic heterocycles. The van der Waals surface area contributed by atoms with Crippen LogP contribution in [0, 0.1) is 0 Å². The fourth-order valence-corrected chi connectivity index (χ4v) is 0.509. The summed E-state index contributed by atoms with van der Waals surface area (Å²) < 4.78 is 132. The third-order valence-electron chi connectivity index (χ3n) is 1.50. The molecular formula is C6H3F11O. The Bertz CT molecular complexity index is 271. The zero-order valence-corrected chi connectivity index (χ0v) is 7.80. The number of halogens is 11. The highest BCUT2D eigenvalue weighted by Crippen LogP contribution is 2.41. The van der Waals surface area contributed by atoms with Crippen molar-refractivity contribution in [2.45, 2.75) is 37.2 Å². The normalized spacial score (nSPS) is 18.0. The maximum absolute atomic E-state index is 12.2. The standard InChI is InChI=1S/C6H3F11O/c7-1(8)4(11,12)2(9)18-3(10)5(13,14)6(15,16)17/h1-3H. The Kier molecular flexibility index (Phi) is 4.83. The number of ether oxygens (including phenoxy) is 1. The van der Waals surface area contributed by atoms with Crippen LogP contribution in [0.1, 0.15) is 0 Å². The molecule has 0 saturated heterocycles. The molecule has 0 N–H and O–H groups in total. The lowest BCUT2D eigenvalue weighted by Gasteiger charge is -2.26. The lowest BCUT2D eigenvalue weighted by atomic mass is 10.3. The zero-order chi connectivity index (χ0) is 14.9. The average molecular weight is 300 g/mol. The van der Waals surface area contributed by atoms with E-state index in [1.54, 1.807) is 0 Å². The molecule has 110 valence electrons. The predicted octanol–water partition coefficient (Wildman–Crippen LogP) is 3.69. The highest BCUT2D eigenvalue weighted by Gasteiger charge is 2.66. The Labute approximate surface area is 91.5 Å². The highest BCUT2D eigenvalue weighted by molar-refractivity contribution is 4.81. The molecular weight excluding hydrogens is 297 g/mol. The van der Waals surface area contributed by atoms with E-state index >= 15 is 0 Å². The van der Waals surface area contributed by atoms with Gasteiger partial charge in [-0.3, -0.25) is 0 Å². The molecule has 0 rings (SSSR count). The van der Waals surface area contributed by atoms with Crippen LogP contribution in [0.5, 0.6) is 0 Å². The Hall–Kier alpha value is -0.810. The van der Waals surface area contributed by atoms with Crippen molar-refractivity contribution in [1.29, 1.82) is 0 Å². The van der Waals surface area contributed by atoms with Gasteiger partial charge in [0.1, 0.15) is 0 Å². The molecule has 0 aromatic carbocycles. The lowest BCUT2D eigenvalue weighted by molar-refractivity contribution is -0.371. The minimum Gasteiger partial charge on any atom is -0.303 e. The van der Waals surface area contributed by atoms with Gasteiger partial charge in [0.05, 0.1) is 0 Å². The van der Waals surface area contributed by atoms with Crippen LogP contribution in [0.15, 0.2) is 0 Å². The Balaban J connectivity index is 4.83. The van der Waals surface area contributed by atoms with E-state index in [1.165, 1.54) is 0 Å². The molecule has 0 aromatic rings. The minimum absolute atomic E-state index is 2.33. The second kappa shape index (κ2) is 5.05. The first kappa shape index (κ1) is 17.2. The van der Waals surface area contributed by atoms with Gasteiger partial charge in [0.2, 0.25) is 0 Å². The average Bonchev–Trinajstić information content (AvgIpc) is 2.15. The number of hydrogen-bond acceptors (Lipinski definition) is 1. The molecule has 18 heavy (non-hydrogen) atoms. The summed E-state index contributed by atoms with van der Waals surface area (Å²) in [6, 6.07) is 0. The van der Waals surface area contributed by atoms with Crippen molar-refractivity contribution in [3.63, 3.8) is 0 Å². The SMILES string of the molecule is FC(F)C(F)(F)C(F)OC(F)C(F)(F)C(F)(F)F. The van der Waals surface area contributed by atoms with Crippen molar-refractivity contribution in [3.05, 3.63) is 0 Å². The number of hydrogen-bond donors (Lipinski definition) is 0. The lowest BCUT2D eigenvalue weighted by Crippen LogP contribution is -2.50. The molecule has 12 heteroatoms. The molecule has 2 unspecified atom stereocenters. The topological polar surface area (TPSA) is 9.23 Å². The van der Waals surface area contributed by atoms with Crippen LogP contribution in [0.3, 0.4) is 0 Å². The van der Waals surface area contributed by atoms with Gasteiger partial charge in [-0.15, -0.1) is 0 Å². The van der Waals surface area contributed by atoms with E-state index in [4.69, 9.17) is 0 Å². The Morgan fingerprint density at radius 2 is 1.06 bits per heavy atom. The summed E-state index contributed by atoms with van der Waals surface area (Å²) in [7, 11) is 0. The fraction of sp³-hybridized carbons (Fsp3) is 1.00. The van der Waals surface area contributed by atoms with Gasteiger partial charge in [0, 0.05) is 0 Å². The van der Waals surface area contributed by atoms with Gasteiger partial charge >= 0.3 is 24.4 Å². The van der Waals surface area contributed by atoms with Crippen LogP contribution in [-0.2, 0) is 4.74 Å². The molecule has 0 spiro atoms. The molecule has 0 amide bonds. The predicted molar refractivity (Wildman–Crippen MR) is 32.8 cm³/mol. The summed E-state index contributed by atoms with van der Waals surface area (Å²) in [6.07, 6.45) is -20.9. The van der Waals surface area contributed by atoms with E-state index < -0.39 is 37.2 Å². The molecule has 0 aliphatic rings. The van der Waals surface area contributed by atoms with Crippen LogP contribution in [-0.4, -0.2) is 37.2 Å². The van der Waals surface area contributed by atoms with Crippen LogP contribution in [0.4, 0.5) is 48.3 Å². The van der Waals surface area contributed by atoms with Crippen LogP contribution >= 0.6 is 0 Å². The largest absolute Gasteiger partial charge is 0.459 e. The summed E-state index contributed by atoms with van der Waals surface area (Å²) in [6.45, 7) is 0.